The van der Waals surface area contributed by atoms with Crippen molar-refractivity contribution in [2.75, 3.05) is 5.73 Å². The Morgan fingerprint density at radius 1 is 1.29 bits per heavy atom. The molecular formula is C24H28ClN3. The largest absolute Gasteiger partial charge is 0.396 e. The van der Waals surface area contributed by atoms with Gasteiger partial charge >= 0.3 is 0 Å². The third-order valence-electron chi connectivity index (χ3n) is 6.14. The van der Waals surface area contributed by atoms with Gasteiger partial charge in [0, 0.05) is 11.8 Å². The molecule has 28 heavy (non-hydrogen) atoms. The Morgan fingerprint density at radius 2 is 2.04 bits per heavy atom. The molecule has 0 saturated heterocycles. The zero-order valence-corrected chi connectivity index (χ0v) is 17.7. The molecule has 1 aliphatic carbocycles. The molecule has 1 heterocycles. The van der Waals surface area contributed by atoms with Gasteiger partial charge in [-0.15, -0.1) is 0 Å². The number of nitrogen functional groups attached to an aromatic ring is 1. The minimum atomic E-state index is 0.473. The van der Waals surface area contributed by atoms with Crippen molar-refractivity contribution in [3.8, 4) is 6.07 Å². The average molecular weight is 394 g/mol. The minimum Gasteiger partial charge on any atom is -0.396 e. The summed E-state index contributed by atoms with van der Waals surface area (Å²) in [5, 5.41) is 10.0. The van der Waals surface area contributed by atoms with Crippen molar-refractivity contribution in [3.63, 3.8) is 0 Å². The summed E-state index contributed by atoms with van der Waals surface area (Å²) in [7, 11) is 0. The van der Waals surface area contributed by atoms with E-state index in [1.807, 2.05) is 13.0 Å². The van der Waals surface area contributed by atoms with E-state index in [0.29, 0.717) is 22.2 Å². The zero-order chi connectivity index (χ0) is 20.3. The maximum atomic E-state index is 9.53. The lowest BCUT2D eigenvalue weighted by molar-refractivity contribution is 0.202. The van der Waals surface area contributed by atoms with Gasteiger partial charge in [-0.25, -0.2) is 0 Å². The van der Waals surface area contributed by atoms with Crippen LogP contribution in [0.15, 0.2) is 30.6 Å². The van der Waals surface area contributed by atoms with E-state index in [0.717, 1.165) is 40.2 Å². The molecule has 2 aromatic rings. The fourth-order valence-electron chi connectivity index (χ4n) is 4.15. The number of allylic oxidation sites excluding steroid dienone is 1. The smallest absolute Gasteiger partial charge is 0.0994 e. The summed E-state index contributed by atoms with van der Waals surface area (Å²) in [5.74, 6) is 1.50. The number of nitrogens with two attached hydrogens (primary N) is 1. The van der Waals surface area contributed by atoms with Gasteiger partial charge < -0.3 is 5.73 Å². The van der Waals surface area contributed by atoms with Crippen LogP contribution in [0, 0.1) is 37.0 Å². The average Bonchev–Trinajstić information content (AvgIpc) is 2.63. The molecule has 0 amide bonds. The molecule has 0 spiro atoms. The Balaban J connectivity index is 2.11. The Bertz CT molecular complexity index is 936. The van der Waals surface area contributed by atoms with Crippen molar-refractivity contribution < 1.29 is 0 Å². The number of aromatic nitrogens is 1. The fraction of sp³-hybridized carbons (Fsp3) is 0.417. The van der Waals surface area contributed by atoms with Crippen LogP contribution < -0.4 is 5.73 Å². The summed E-state index contributed by atoms with van der Waals surface area (Å²) in [4.78, 5) is 4.28. The van der Waals surface area contributed by atoms with Crippen LogP contribution in [0.1, 0.15) is 66.8 Å². The molecule has 2 N–H and O–H groups in total. The third-order valence-corrected chi connectivity index (χ3v) is 6.57. The number of anilines is 1. The molecule has 0 aliphatic heterocycles. The zero-order valence-electron chi connectivity index (χ0n) is 16.9. The molecule has 1 aliphatic rings. The lowest BCUT2D eigenvalue weighted by Gasteiger charge is -2.33. The molecule has 146 valence electrons. The molecule has 3 nitrogen and oxygen atoms in total. The highest BCUT2D eigenvalue weighted by Crippen LogP contribution is 2.39. The first-order valence-corrected chi connectivity index (χ1v) is 10.4. The van der Waals surface area contributed by atoms with Crippen molar-refractivity contribution in [2.24, 2.45) is 11.8 Å². The van der Waals surface area contributed by atoms with Gasteiger partial charge in [0.25, 0.3) is 0 Å². The lowest BCUT2D eigenvalue weighted by atomic mass is 9.73. The summed E-state index contributed by atoms with van der Waals surface area (Å²) >= 11 is 6.57. The highest BCUT2D eigenvalue weighted by atomic mass is 35.5. The number of rotatable bonds is 6. The molecule has 1 unspecified atom stereocenters. The van der Waals surface area contributed by atoms with Crippen molar-refractivity contribution in [1.82, 2.24) is 4.98 Å². The van der Waals surface area contributed by atoms with Crippen molar-refractivity contribution >= 4 is 22.9 Å². The first-order chi connectivity index (χ1) is 13.5. The molecule has 1 saturated carbocycles. The van der Waals surface area contributed by atoms with Crippen LogP contribution in [0.5, 0.6) is 0 Å². The maximum Gasteiger partial charge on any atom is 0.0994 e. The van der Waals surface area contributed by atoms with Gasteiger partial charge in [0.2, 0.25) is 0 Å². The normalized spacial score (nSPS) is 15.8. The van der Waals surface area contributed by atoms with Gasteiger partial charge in [-0.3, -0.25) is 4.98 Å². The number of halogens is 1. The minimum absolute atomic E-state index is 0.473. The maximum absolute atomic E-state index is 9.53. The monoisotopic (exact) mass is 393 g/mol. The Labute approximate surface area is 173 Å². The number of hydrogen-bond donors (Lipinski definition) is 1. The molecule has 3 rings (SSSR count). The quantitative estimate of drug-likeness (QED) is 0.612. The third kappa shape index (κ3) is 4.08. The summed E-state index contributed by atoms with van der Waals surface area (Å²) in [5.41, 5.74) is 12.2. The molecular weight excluding hydrogens is 366 g/mol. The number of aryl methyl sites for hydroxylation is 2. The number of nitrogens with zero attached hydrogens (tertiary/aromatic N) is 2. The number of benzene rings is 1. The van der Waals surface area contributed by atoms with E-state index in [-0.39, 0.29) is 0 Å². The van der Waals surface area contributed by atoms with Gasteiger partial charge in [0.15, 0.2) is 0 Å². The van der Waals surface area contributed by atoms with Crippen molar-refractivity contribution in [2.45, 2.75) is 52.9 Å². The Kier molecular flexibility index (Phi) is 6.42. The summed E-state index contributed by atoms with van der Waals surface area (Å²) in [6, 6.07) is 6.35. The van der Waals surface area contributed by atoms with Gasteiger partial charge in [-0.1, -0.05) is 56.4 Å². The SMILES string of the molecule is CCC(C/C=C(\c1cc(C#N)c(C)cc1C)c1cncc(N)c1Cl)C1CCC1. The number of pyridine rings is 1. The second-order valence-corrected chi connectivity index (χ2v) is 8.27. The van der Waals surface area contributed by atoms with Crippen molar-refractivity contribution in [1.29, 1.82) is 5.26 Å². The van der Waals surface area contributed by atoms with E-state index in [4.69, 9.17) is 17.3 Å². The molecule has 1 atom stereocenters. The van der Waals surface area contributed by atoms with E-state index in [1.165, 1.54) is 25.7 Å². The first kappa shape index (κ1) is 20.4. The summed E-state index contributed by atoms with van der Waals surface area (Å²) < 4.78 is 0. The standard InChI is InChI=1S/C24H28ClN3/c1-4-17(18-6-5-7-18)8-9-20(22-13-28-14-23(27)24(22)25)21-11-19(12-26)15(2)10-16(21)3/h9-11,13-14,17-18H,4-8,27H2,1-3H3/b20-9+. The summed E-state index contributed by atoms with van der Waals surface area (Å²) in [6.45, 7) is 6.32. The van der Waals surface area contributed by atoms with E-state index in [2.05, 4.69) is 37.0 Å². The Morgan fingerprint density at radius 3 is 2.64 bits per heavy atom. The van der Waals surface area contributed by atoms with Crippen LogP contribution in [-0.4, -0.2) is 4.98 Å². The van der Waals surface area contributed by atoms with Crippen LogP contribution in [0.2, 0.25) is 5.02 Å². The van der Waals surface area contributed by atoms with Gasteiger partial charge in [-0.2, -0.15) is 5.26 Å². The highest BCUT2D eigenvalue weighted by Gasteiger charge is 2.25. The Hall–Kier alpha value is -2.31. The fourth-order valence-corrected chi connectivity index (χ4v) is 4.35. The van der Waals surface area contributed by atoms with Crippen LogP contribution in [0.4, 0.5) is 5.69 Å². The predicted molar refractivity (Wildman–Crippen MR) is 117 cm³/mol. The molecule has 0 bridgehead atoms. The molecule has 0 radical (unpaired) electrons. The second-order valence-electron chi connectivity index (χ2n) is 7.90. The van der Waals surface area contributed by atoms with Crippen LogP contribution in [0.25, 0.3) is 5.57 Å². The van der Waals surface area contributed by atoms with E-state index < -0.39 is 0 Å². The predicted octanol–water partition coefficient (Wildman–Crippen LogP) is 6.45. The van der Waals surface area contributed by atoms with E-state index in [9.17, 15) is 5.26 Å². The van der Waals surface area contributed by atoms with E-state index in [1.54, 1.807) is 12.4 Å². The second kappa shape index (κ2) is 8.80. The molecule has 1 aromatic carbocycles. The first-order valence-electron chi connectivity index (χ1n) is 10.1. The van der Waals surface area contributed by atoms with Crippen LogP contribution in [0.3, 0.4) is 0 Å². The molecule has 1 fully saturated rings. The van der Waals surface area contributed by atoms with Gasteiger partial charge in [0.05, 0.1) is 28.5 Å². The summed E-state index contributed by atoms with van der Waals surface area (Å²) in [6.07, 6.45) is 11.8. The van der Waals surface area contributed by atoms with Gasteiger partial charge in [-0.05, 0) is 60.4 Å². The number of hydrogen-bond acceptors (Lipinski definition) is 3. The van der Waals surface area contributed by atoms with Crippen LogP contribution in [-0.2, 0) is 0 Å². The topological polar surface area (TPSA) is 62.7 Å². The van der Waals surface area contributed by atoms with Crippen LogP contribution >= 0.6 is 11.6 Å². The van der Waals surface area contributed by atoms with Gasteiger partial charge in [0.1, 0.15) is 0 Å². The van der Waals surface area contributed by atoms with E-state index >= 15 is 0 Å². The number of nitriles is 1. The highest BCUT2D eigenvalue weighted by molar-refractivity contribution is 6.35. The van der Waals surface area contributed by atoms with Crippen molar-refractivity contribution in [3.05, 3.63) is 63.4 Å². The molecule has 1 aromatic heterocycles. The lowest BCUT2D eigenvalue weighted by Crippen LogP contribution is -2.21. The molecule has 4 heteroatoms.